The van der Waals surface area contributed by atoms with E-state index in [1.54, 1.807) is 0 Å². The van der Waals surface area contributed by atoms with E-state index in [0.29, 0.717) is 24.2 Å². The van der Waals surface area contributed by atoms with Gasteiger partial charge in [0.15, 0.2) is 0 Å². The van der Waals surface area contributed by atoms with Gasteiger partial charge >= 0.3 is 0 Å². The maximum absolute atomic E-state index is 9.79. The van der Waals surface area contributed by atoms with E-state index < -0.39 is 0 Å². The number of aliphatic hydroxyl groups excluding tert-OH is 1. The molecule has 21 heavy (non-hydrogen) atoms. The van der Waals surface area contributed by atoms with Crippen molar-refractivity contribution in [3.05, 3.63) is 0 Å². The second kappa shape index (κ2) is 6.55. The highest BCUT2D eigenvalue weighted by Gasteiger charge is 2.55. The summed E-state index contributed by atoms with van der Waals surface area (Å²) in [5.41, 5.74) is 0.579. The Morgan fingerprint density at radius 2 is 1.71 bits per heavy atom. The van der Waals surface area contributed by atoms with E-state index in [-0.39, 0.29) is 5.41 Å². The van der Waals surface area contributed by atoms with Gasteiger partial charge in [0.25, 0.3) is 0 Å². The largest absolute Gasteiger partial charge is 0.396 e. The van der Waals surface area contributed by atoms with Crippen LogP contribution in [0.2, 0.25) is 0 Å². The van der Waals surface area contributed by atoms with Crippen molar-refractivity contribution >= 4 is 0 Å². The molecule has 0 heterocycles. The molecule has 3 aliphatic carbocycles. The Bertz CT molecular complexity index is 332. The van der Waals surface area contributed by atoms with E-state index in [1.807, 2.05) is 0 Å². The lowest BCUT2D eigenvalue weighted by Crippen LogP contribution is -2.65. The van der Waals surface area contributed by atoms with Crippen LogP contribution in [0.25, 0.3) is 0 Å². The minimum absolute atomic E-state index is 0.173. The van der Waals surface area contributed by atoms with Gasteiger partial charge in [-0.25, -0.2) is 0 Å². The standard InChI is InChI=1S/C18H33NO2/c1-2-21-16-12-15(18(16)10-4-3-5-11-18)19-13-17(14-20)8-6-7-9-17/h15-16,19-20H,2-14H2,1H3. The second-order valence-electron chi connectivity index (χ2n) is 7.77. The molecule has 2 N–H and O–H groups in total. The Balaban J connectivity index is 1.59. The number of rotatable bonds is 6. The first-order chi connectivity index (χ1) is 10.2. The first kappa shape index (κ1) is 15.8. The summed E-state index contributed by atoms with van der Waals surface area (Å²) in [6, 6.07) is 0.623. The fourth-order valence-electron chi connectivity index (χ4n) is 5.21. The predicted octanol–water partition coefficient (Wildman–Crippen LogP) is 3.26. The lowest BCUT2D eigenvalue weighted by molar-refractivity contribution is -0.151. The number of hydrogen-bond donors (Lipinski definition) is 2. The van der Waals surface area contributed by atoms with Crippen molar-refractivity contribution in [2.24, 2.45) is 10.8 Å². The first-order valence-corrected chi connectivity index (χ1v) is 9.21. The van der Waals surface area contributed by atoms with Gasteiger partial charge in [-0.3, -0.25) is 0 Å². The maximum atomic E-state index is 9.79. The molecule has 122 valence electrons. The van der Waals surface area contributed by atoms with Gasteiger partial charge < -0.3 is 15.2 Å². The molecule has 3 nitrogen and oxygen atoms in total. The van der Waals surface area contributed by atoms with Crippen LogP contribution in [0.3, 0.4) is 0 Å². The van der Waals surface area contributed by atoms with Gasteiger partial charge in [0.05, 0.1) is 6.10 Å². The normalized spacial score (nSPS) is 34.0. The molecular formula is C18H33NO2. The van der Waals surface area contributed by atoms with Gasteiger partial charge in [0.2, 0.25) is 0 Å². The number of hydrogen-bond acceptors (Lipinski definition) is 3. The quantitative estimate of drug-likeness (QED) is 0.790. The van der Waals surface area contributed by atoms with Crippen molar-refractivity contribution < 1.29 is 9.84 Å². The Labute approximate surface area is 129 Å². The summed E-state index contributed by atoms with van der Waals surface area (Å²) in [7, 11) is 0. The molecule has 0 aromatic carbocycles. The molecule has 3 aliphatic rings. The third kappa shape index (κ3) is 2.89. The minimum Gasteiger partial charge on any atom is -0.396 e. The number of ether oxygens (including phenoxy) is 1. The predicted molar refractivity (Wildman–Crippen MR) is 85.3 cm³/mol. The molecule has 0 bridgehead atoms. The van der Waals surface area contributed by atoms with Crippen LogP contribution in [0.1, 0.15) is 71.1 Å². The van der Waals surface area contributed by atoms with Gasteiger partial charge in [-0.15, -0.1) is 0 Å². The van der Waals surface area contributed by atoms with Crippen LogP contribution in [0.5, 0.6) is 0 Å². The van der Waals surface area contributed by atoms with Crippen LogP contribution in [-0.2, 0) is 4.74 Å². The molecule has 3 saturated carbocycles. The van der Waals surface area contributed by atoms with Crippen LogP contribution in [0, 0.1) is 10.8 Å². The topological polar surface area (TPSA) is 41.5 Å². The van der Waals surface area contributed by atoms with Crippen molar-refractivity contribution in [2.45, 2.75) is 83.3 Å². The van der Waals surface area contributed by atoms with Crippen molar-refractivity contribution in [1.29, 1.82) is 0 Å². The highest BCUT2D eigenvalue weighted by molar-refractivity contribution is 5.09. The average Bonchev–Trinajstić information content (AvgIpc) is 3.00. The third-order valence-electron chi connectivity index (χ3n) is 6.66. The van der Waals surface area contributed by atoms with E-state index in [9.17, 15) is 5.11 Å². The Kier molecular flexibility index (Phi) is 4.92. The van der Waals surface area contributed by atoms with Gasteiger partial charge in [-0.1, -0.05) is 32.1 Å². The summed E-state index contributed by atoms with van der Waals surface area (Å²) < 4.78 is 6.04. The molecule has 0 aromatic rings. The third-order valence-corrected chi connectivity index (χ3v) is 6.66. The van der Waals surface area contributed by atoms with E-state index in [1.165, 1.54) is 64.2 Å². The summed E-state index contributed by atoms with van der Waals surface area (Å²) in [5, 5.41) is 13.7. The van der Waals surface area contributed by atoms with Gasteiger partial charge in [0.1, 0.15) is 0 Å². The number of aliphatic hydroxyl groups is 1. The first-order valence-electron chi connectivity index (χ1n) is 9.21. The number of nitrogens with one attached hydrogen (secondary N) is 1. The highest BCUT2D eigenvalue weighted by Crippen LogP contribution is 2.53. The van der Waals surface area contributed by atoms with Crippen molar-refractivity contribution in [3.8, 4) is 0 Å². The van der Waals surface area contributed by atoms with Crippen molar-refractivity contribution in [1.82, 2.24) is 5.32 Å². The van der Waals surface area contributed by atoms with E-state index in [4.69, 9.17) is 4.74 Å². The van der Waals surface area contributed by atoms with E-state index in [0.717, 1.165) is 13.2 Å². The summed E-state index contributed by atoms with van der Waals surface area (Å²) in [6.07, 6.45) is 13.4. The maximum Gasteiger partial charge on any atom is 0.0661 e. The zero-order chi connectivity index (χ0) is 14.8. The van der Waals surface area contributed by atoms with Gasteiger partial charge in [-0.05, 0) is 39.0 Å². The molecule has 0 aromatic heterocycles. The molecule has 3 heteroatoms. The van der Waals surface area contributed by atoms with Crippen LogP contribution in [0.4, 0.5) is 0 Å². The van der Waals surface area contributed by atoms with Crippen LogP contribution in [0.15, 0.2) is 0 Å². The second-order valence-corrected chi connectivity index (χ2v) is 7.77. The molecule has 0 aliphatic heterocycles. The Hall–Kier alpha value is -0.120. The molecule has 3 rings (SSSR count). The van der Waals surface area contributed by atoms with Crippen molar-refractivity contribution in [2.75, 3.05) is 19.8 Å². The Morgan fingerprint density at radius 3 is 2.33 bits per heavy atom. The zero-order valence-corrected chi connectivity index (χ0v) is 13.7. The molecule has 0 amide bonds. The van der Waals surface area contributed by atoms with E-state index in [2.05, 4.69) is 12.2 Å². The lowest BCUT2D eigenvalue weighted by Gasteiger charge is -2.58. The average molecular weight is 295 g/mol. The monoisotopic (exact) mass is 295 g/mol. The molecule has 2 unspecified atom stereocenters. The molecular weight excluding hydrogens is 262 g/mol. The molecule has 0 radical (unpaired) electrons. The van der Waals surface area contributed by atoms with E-state index >= 15 is 0 Å². The van der Waals surface area contributed by atoms with Crippen LogP contribution < -0.4 is 5.32 Å². The molecule has 1 spiro atoms. The molecule has 2 atom stereocenters. The van der Waals surface area contributed by atoms with Gasteiger partial charge in [-0.2, -0.15) is 0 Å². The van der Waals surface area contributed by atoms with Crippen LogP contribution in [-0.4, -0.2) is 37.0 Å². The van der Waals surface area contributed by atoms with Gasteiger partial charge in [0, 0.05) is 36.6 Å². The Morgan fingerprint density at radius 1 is 1.05 bits per heavy atom. The van der Waals surface area contributed by atoms with Crippen molar-refractivity contribution in [3.63, 3.8) is 0 Å². The zero-order valence-electron chi connectivity index (χ0n) is 13.7. The fourth-order valence-corrected chi connectivity index (χ4v) is 5.21. The van der Waals surface area contributed by atoms with Crippen LogP contribution >= 0.6 is 0 Å². The summed E-state index contributed by atoms with van der Waals surface area (Å²) in [6.45, 7) is 4.33. The smallest absolute Gasteiger partial charge is 0.0661 e. The highest BCUT2D eigenvalue weighted by atomic mass is 16.5. The summed E-state index contributed by atoms with van der Waals surface area (Å²) >= 11 is 0. The summed E-state index contributed by atoms with van der Waals surface area (Å²) in [4.78, 5) is 0. The summed E-state index contributed by atoms with van der Waals surface area (Å²) in [5.74, 6) is 0. The fraction of sp³-hybridized carbons (Fsp3) is 1.00. The minimum atomic E-state index is 0.173. The molecule has 3 fully saturated rings. The lowest BCUT2D eigenvalue weighted by atomic mass is 9.55. The molecule has 0 saturated heterocycles. The SMILES string of the molecule is CCOC1CC(NCC2(CO)CCCC2)C12CCCCC2.